The molecule has 1 aromatic rings. The van der Waals surface area contributed by atoms with E-state index in [9.17, 15) is 10.2 Å². The van der Waals surface area contributed by atoms with Crippen LogP contribution in [0.15, 0.2) is 18.2 Å². The van der Waals surface area contributed by atoms with Crippen LogP contribution in [0.1, 0.15) is 44.3 Å². The minimum absolute atomic E-state index is 0.259. The van der Waals surface area contributed by atoms with Crippen molar-refractivity contribution in [3.63, 3.8) is 0 Å². The molecular weight excluding hydrogens is 294 g/mol. The molecule has 1 aliphatic rings. The predicted molar refractivity (Wildman–Crippen MR) is 89.2 cm³/mol. The summed E-state index contributed by atoms with van der Waals surface area (Å²) in [5, 5.41) is 20.1. The summed E-state index contributed by atoms with van der Waals surface area (Å²) in [6.07, 6.45) is 3.49. The Hall–Kier alpha value is -1.30. The fourth-order valence-corrected chi connectivity index (χ4v) is 3.08. The van der Waals surface area contributed by atoms with E-state index in [-0.39, 0.29) is 6.61 Å². The predicted octanol–water partition coefficient (Wildman–Crippen LogP) is 0.947. The summed E-state index contributed by atoms with van der Waals surface area (Å²) < 4.78 is 11.1. The number of aliphatic hydroxyl groups is 2. The quantitative estimate of drug-likeness (QED) is 0.666. The van der Waals surface area contributed by atoms with Crippen LogP contribution < -0.4 is 14.4 Å². The third-order valence-corrected chi connectivity index (χ3v) is 4.48. The number of benzene rings is 1. The lowest BCUT2D eigenvalue weighted by atomic mass is 10.1. The van der Waals surface area contributed by atoms with E-state index in [1.165, 1.54) is 24.2 Å². The summed E-state index contributed by atoms with van der Waals surface area (Å²) in [7, 11) is 1.58. The number of hydrogen-bond acceptors (Lipinski definition) is 4. The van der Waals surface area contributed by atoms with E-state index in [4.69, 9.17) is 9.47 Å². The van der Waals surface area contributed by atoms with Gasteiger partial charge < -0.3 is 24.6 Å². The zero-order valence-corrected chi connectivity index (χ0v) is 14.3. The maximum Gasteiger partial charge on any atom is 0.161 e. The highest BCUT2D eigenvalue weighted by Crippen LogP contribution is 2.31. The number of hydrogen-bond donors (Lipinski definition) is 3. The van der Waals surface area contributed by atoms with E-state index in [2.05, 4.69) is 0 Å². The Labute approximate surface area is 138 Å². The lowest BCUT2D eigenvalue weighted by Gasteiger charge is -2.25. The van der Waals surface area contributed by atoms with Gasteiger partial charge in [-0.2, -0.15) is 0 Å². The average Bonchev–Trinajstić information content (AvgIpc) is 2.60. The lowest BCUT2D eigenvalue weighted by Crippen LogP contribution is -3.14. The second-order valence-electron chi connectivity index (χ2n) is 6.31. The van der Waals surface area contributed by atoms with Gasteiger partial charge in [-0.1, -0.05) is 13.0 Å². The van der Waals surface area contributed by atoms with Gasteiger partial charge >= 0.3 is 0 Å². The molecule has 1 saturated heterocycles. The van der Waals surface area contributed by atoms with Crippen molar-refractivity contribution in [2.75, 3.05) is 33.4 Å². The first-order valence-corrected chi connectivity index (χ1v) is 8.64. The Morgan fingerprint density at radius 2 is 1.87 bits per heavy atom. The zero-order chi connectivity index (χ0) is 16.7. The van der Waals surface area contributed by atoms with Gasteiger partial charge in [0, 0.05) is 0 Å². The van der Waals surface area contributed by atoms with Gasteiger partial charge in [0.05, 0.1) is 26.3 Å². The highest BCUT2D eigenvalue weighted by atomic mass is 16.5. The Morgan fingerprint density at radius 3 is 2.52 bits per heavy atom. The monoisotopic (exact) mass is 324 g/mol. The smallest absolute Gasteiger partial charge is 0.161 e. The first-order chi connectivity index (χ1) is 11.1. The molecule has 2 rings (SSSR count). The third kappa shape index (κ3) is 5.37. The molecule has 1 heterocycles. The maximum absolute atomic E-state index is 10.2. The number of rotatable bonds is 8. The number of aliphatic hydroxyl groups excluding tert-OH is 2. The fourth-order valence-electron chi connectivity index (χ4n) is 3.08. The minimum atomic E-state index is -0.494. The van der Waals surface area contributed by atoms with Crippen molar-refractivity contribution < 1.29 is 24.6 Å². The Balaban J connectivity index is 1.88. The summed E-state index contributed by atoms with van der Waals surface area (Å²) >= 11 is 0. The van der Waals surface area contributed by atoms with Gasteiger partial charge in [0.1, 0.15) is 19.3 Å². The summed E-state index contributed by atoms with van der Waals surface area (Å²) in [6, 6.07) is 5.44. The fraction of sp³-hybridized carbons (Fsp3) is 0.667. The van der Waals surface area contributed by atoms with Crippen LogP contribution in [0, 0.1) is 0 Å². The first kappa shape index (κ1) is 18.0. The largest absolute Gasteiger partial charge is 0.493 e. The van der Waals surface area contributed by atoms with Crippen LogP contribution in [0.3, 0.4) is 0 Å². The normalized spacial score (nSPS) is 18.4. The standard InChI is InChI=1S/C18H29NO4/c1-3-16(21)14-7-8-17(18(11-14)22-2)23-13-15(20)12-19-9-5-4-6-10-19/h7-8,11,15-16,20-21H,3-6,9-10,12-13H2,1-2H3/p+1/t15-,16-/m0/s1. The highest BCUT2D eigenvalue weighted by Gasteiger charge is 2.19. The second kappa shape index (κ2) is 9.11. The molecule has 2 atom stereocenters. The Bertz CT molecular complexity index is 474. The lowest BCUT2D eigenvalue weighted by molar-refractivity contribution is -0.908. The van der Waals surface area contributed by atoms with Gasteiger partial charge in [-0.3, -0.25) is 0 Å². The summed E-state index contributed by atoms with van der Waals surface area (Å²) in [5.74, 6) is 1.19. The average molecular weight is 324 g/mol. The van der Waals surface area contributed by atoms with Gasteiger partial charge in [0.2, 0.25) is 0 Å². The molecule has 0 amide bonds. The number of likely N-dealkylation sites (tertiary alicyclic amines) is 1. The van der Waals surface area contributed by atoms with Crippen LogP contribution in [0.25, 0.3) is 0 Å². The van der Waals surface area contributed by atoms with Crippen molar-refractivity contribution >= 4 is 0 Å². The summed E-state index contributed by atoms with van der Waals surface area (Å²) in [6.45, 7) is 5.21. The molecule has 0 aromatic heterocycles. The van der Waals surface area contributed by atoms with Crippen LogP contribution in [0.2, 0.25) is 0 Å². The molecule has 0 unspecified atom stereocenters. The Morgan fingerprint density at radius 1 is 1.13 bits per heavy atom. The summed E-state index contributed by atoms with van der Waals surface area (Å²) in [4.78, 5) is 1.46. The van der Waals surface area contributed by atoms with Gasteiger partial charge in [0.15, 0.2) is 11.5 Å². The molecule has 0 aliphatic carbocycles. The molecule has 0 spiro atoms. The van der Waals surface area contributed by atoms with Crippen molar-refractivity contribution in [3.05, 3.63) is 23.8 Å². The van der Waals surface area contributed by atoms with E-state index in [0.29, 0.717) is 17.9 Å². The van der Waals surface area contributed by atoms with E-state index in [1.807, 2.05) is 13.0 Å². The number of piperidine rings is 1. The SMILES string of the molecule is CC[C@H](O)c1ccc(OC[C@@H](O)C[NH+]2CCCCC2)c(OC)c1. The highest BCUT2D eigenvalue weighted by molar-refractivity contribution is 5.43. The minimum Gasteiger partial charge on any atom is -0.493 e. The number of quaternary nitrogens is 1. The third-order valence-electron chi connectivity index (χ3n) is 4.48. The van der Waals surface area contributed by atoms with Crippen molar-refractivity contribution in [2.45, 2.75) is 44.8 Å². The molecule has 5 heteroatoms. The van der Waals surface area contributed by atoms with Gasteiger partial charge in [-0.05, 0) is 43.4 Å². The van der Waals surface area contributed by atoms with Crippen molar-refractivity contribution in [3.8, 4) is 11.5 Å². The molecule has 0 bridgehead atoms. The molecule has 1 aromatic carbocycles. The zero-order valence-electron chi connectivity index (χ0n) is 14.3. The van der Waals surface area contributed by atoms with Crippen LogP contribution >= 0.6 is 0 Å². The molecule has 130 valence electrons. The number of nitrogens with one attached hydrogen (secondary N) is 1. The van der Waals surface area contributed by atoms with Crippen molar-refractivity contribution in [2.24, 2.45) is 0 Å². The maximum atomic E-state index is 10.2. The topological polar surface area (TPSA) is 63.4 Å². The first-order valence-electron chi connectivity index (χ1n) is 8.64. The number of methoxy groups -OCH3 is 1. The van der Waals surface area contributed by atoms with Crippen LogP contribution in [0.5, 0.6) is 11.5 Å². The Kier molecular flexibility index (Phi) is 7.15. The number of ether oxygens (including phenoxy) is 2. The molecule has 1 aliphatic heterocycles. The second-order valence-corrected chi connectivity index (χ2v) is 6.31. The molecular formula is C18H30NO4+. The van der Waals surface area contributed by atoms with Crippen molar-refractivity contribution in [1.82, 2.24) is 0 Å². The van der Waals surface area contributed by atoms with E-state index in [0.717, 1.165) is 25.2 Å². The van der Waals surface area contributed by atoms with Gasteiger partial charge in [-0.15, -0.1) is 0 Å². The molecule has 5 nitrogen and oxygen atoms in total. The summed E-state index contributed by atoms with van der Waals surface area (Å²) in [5.41, 5.74) is 0.815. The van der Waals surface area contributed by atoms with Crippen LogP contribution in [-0.2, 0) is 0 Å². The molecule has 23 heavy (non-hydrogen) atoms. The molecule has 0 radical (unpaired) electrons. The van der Waals surface area contributed by atoms with Crippen LogP contribution in [0.4, 0.5) is 0 Å². The molecule has 1 fully saturated rings. The van der Waals surface area contributed by atoms with E-state index >= 15 is 0 Å². The molecule has 3 N–H and O–H groups in total. The van der Waals surface area contributed by atoms with Gasteiger partial charge in [-0.25, -0.2) is 0 Å². The molecule has 0 saturated carbocycles. The van der Waals surface area contributed by atoms with E-state index < -0.39 is 12.2 Å². The van der Waals surface area contributed by atoms with Gasteiger partial charge in [0.25, 0.3) is 0 Å². The van der Waals surface area contributed by atoms with Crippen LogP contribution in [-0.4, -0.2) is 49.7 Å². The van der Waals surface area contributed by atoms with E-state index in [1.54, 1.807) is 19.2 Å². The van der Waals surface area contributed by atoms with Crippen molar-refractivity contribution in [1.29, 1.82) is 0 Å².